The standard InChI is InChI=1S/C23H15Cl2F3N4O/c24-16-6-3-14(4-7-16)21(33)30-17-8-1-13(2-9-17)12-29-20-18-11-15(23(26,27)28)5-10-19(18)31-22(25)32-20/h1-11H,12H2,(H,30,33)(H,29,31,32). The monoisotopic (exact) mass is 490 g/mol. The Kier molecular flexibility index (Phi) is 6.40. The van der Waals surface area contributed by atoms with Gasteiger partial charge in [-0.3, -0.25) is 4.79 Å². The number of fused-ring (bicyclic) bond motifs is 1. The number of hydrogen-bond donors (Lipinski definition) is 2. The number of amides is 1. The van der Waals surface area contributed by atoms with Gasteiger partial charge in [0.1, 0.15) is 5.82 Å². The minimum atomic E-state index is -4.49. The first-order valence-corrected chi connectivity index (χ1v) is 10.4. The van der Waals surface area contributed by atoms with Crippen molar-refractivity contribution in [2.24, 2.45) is 0 Å². The molecule has 0 spiro atoms. The maximum absolute atomic E-state index is 13.1. The van der Waals surface area contributed by atoms with Crippen LogP contribution in [0.25, 0.3) is 10.9 Å². The van der Waals surface area contributed by atoms with Gasteiger partial charge in [0.15, 0.2) is 0 Å². The summed E-state index contributed by atoms with van der Waals surface area (Å²) in [6.45, 7) is 0.268. The molecule has 0 bridgehead atoms. The lowest BCUT2D eigenvalue weighted by Gasteiger charge is -2.12. The van der Waals surface area contributed by atoms with E-state index in [4.69, 9.17) is 23.2 Å². The van der Waals surface area contributed by atoms with E-state index in [1.165, 1.54) is 6.07 Å². The van der Waals surface area contributed by atoms with Crippen molar-refractivity contribution >= 4 is 51.5 Å². The predicted molar refractivity (Wildman–Crippen MR) is 123 cm³/mol. The Morgan fingerprint density at radius 1 is 0.909 bits per heavy atom. The summed E-state index contributed by atoms with van der Waals surface area (Å²) in [5.41, 5.74) is 1.37. The van der Waals surface area contributed by atoms with E-state index < -0.39 is 11.7 Å². The molecule has 0 aliphatic heterocycles. The first kappa shape index (κ1) is 22.8. The minimum absolute atomic E-state index is 0.0787. The van der Waals surface area contributed by atoms with Crippen LogP contribution in [0.5, 0.6) is 0 Å². The number of aromatic nitrogens is 2. The number of carbonyl (C=O) groups excluding carboxylic acids is 1. The molecule has 3 aromatic carbocycles. The zero-order valence-electron chi connectivity index (χ0n) is 16.8. The molecule has 0 saturated carbocycles. The van der Waals surface area contributed by atoms with Crippen molar-refractivity contribution in [1.29, 1.82) is 0 Å². The first-order chi connectivity index (χ1) is 15.7. The fourth-order valence-corrected chi connectivity index (χ4v) is 3.41. The lowest BCUT2D eigenvalue weighted by atomic mass is 10.1. The molecule has 0 fully saturated rings. The Hall–Kier alpha value is -3.36. The summed E-state index contributed by atoms with van der Waals surface area (Å²) in [6.07, 6.45) is -4.49. The summed E-state index contributed by atoms with van der Waals surface area (Å²) in [6, 6.07) is 16.7. The van der Waals surface area contributed by atoms with E-state index in [0.717, 1.165) is 17.7 Å². The van der Waals surface area contributed by atoms with Crippen LogP contribution in [0, 0.1) is 0 Å². The topological polar surface area (TPSA) is 66.9 Å². The number of rotatable bonds is 5. The van der Waals surface area contributed by atoms with Crippen LogP contribution in [-0.2, 0) is 12.7 Å². The van der Waals surface area contributed by atoms with Crippen LogP contribution in [0.15, 0.2) is 66.7 Å². The third kappa shape index (κ3) is 5.53. The molecule has 33 heavy (non-hydrogen) atoms. The van der Waals surface area contributed by atoms with E-state index in [9.17, 15) is 18.0 Å². The van der Waals surface area contributed by atoms with Gasteiger partial charge in [0.25, 0.3) is 5.91 Å². The Balaban J connectivity index is 1.48. The highest BCUT2D eigenvalue weighted by molar-refractivity contribution is 6.30. The van der Waals surface area contributed by atoms with Gasteiger partial charge in [-0.1, -0.05) is 23.7 Å². The number of hydrogen-bond acceptors (Lipinski definition) is 4. The van der Waals surface area contributed by atoms with Crippen molar-refractivity contribution in [3.63, 3.8) is 0 Å². The van der Waals surface area contributed by atoms with Crippen molar-refractivity contribution in [3.05, 3.63) is 93.7 Å². The number of carbonyl (C=O) groups is 1. The number of alkyl halides is 3. The largest absolute Gasteiger partial charge is 0.416 e. The Morgan fingerprint density at radius 3 is 2.27 bits per heavy atom. The van der Waals surface area contributed by atoms with Crippen LogP contribution in [0.4, 0.5) is 24.7 Å². The highest BCUT2D eigenvalue weighted by atomic mass is 35.5. The molecule has 4 aromatic rings. The normalized spacial score (nSPS) is 11.4. The average Bonchev–Trinajstić information content (AvgIpc) is 2.77. The van der Waals surface area contributed by atoms with Crippen LogP contribution in [0.3, 0.4) is 0 Å². The summed E-state index contributed by atoms with van der Waals surface area (Å²) < 4.78 is 39.3. The van der Waals surface area contributed by atoms with E-state index in [0.29, 0.717) is 21.8 Å². The van der Waals surface area contributed by atoms with Crippen molar-refractivity contribution in [3.8, 4) is 0 Å². The van der Waals surface area contributed by atoms with Gasteiger partial charge in [0, 0.05) is 28.2 Å². The maximum Gasteiger partial charge on any atom is 0.416 e. The second kappa shape index (κ2) is 9.25. The summed E-state index contributed by atoms with van der Waals surface area (Å²) in [5, 5.41) is 6.46. The first-order valence-electron chi connectivity index (χ1n) is 9.63. The SMILES string of the molecule is O=C(Nc1ccc(CNc2nc(Cl)nc3ccc(C(F)(F)F)cc23)cc1)c1ccc(Cl)cc1. The molecule has 0 saturated heterocycles. The molecule has 0 aliphatic rings. The molecule has 1 amide bonds. The molecule has 2 N–H and O–H groups in total. The molecular formula is C23H15Cl2F3N4O. The van der Waals surface area contributed by atoms with Gasteiger partial charge < -0.3 is 10.6 Å². The average molecular weight is 491 g/mol. The van der Waals surface area contributed by atoms with Crippen LogP contribution in [0.2, 0.25) is 10.3 Å². The molecule has 0 atom stereocenters. The van der Waals surface area contributed by atoms with Crippen LogP contribution >= 0.6 is 23.2 Å². The number of nitrogens with one attached hydrogen (secondary N) is 2. The quantitative estimate of drug-likeness (QED) is 0.301. The van der Waals surface area contributed by atoms with E-state index in [1.54, 1.807) is 48.5 Å². The summed E-state index contributed by atoms with van der Waals surface area (Å²) in [7, 11) is 0. The van der Waals surface area contributed by atoms with Gasteiger partial charge in [0.2, 0.25) is 5.28 Å². The number of benzene rings is 3. The summed E-state index contributed by atoms with van der Waals surface area (Å²) in [5.74, 6) is -0.0867. The Bertz CT molecular complexity index is 1310. The van der Waals surface area contributed by atoms with Crippen molar-refractivity contribution < 1.29 is 18.0 Å². The van der Waals surface area contributed by atoms with Gasteiger partial charge in [-0.15, -0.1) is 0 Å². The number of halogens is 5. The molecule has 1 aromatic heterocycles. The molecule has 0 unspecified atom stereocenters. The third-order valence-electron chi connectivity index (χ3n) is 4.77. The van der Waals surface area contributed by atoms with Gasteiger partial charge in [-0.2, -0.15) is 13.2 Å². The molecule has 10 heteroatoms. The Labute approximate surface area is 196 Å². The van der Waals surface area contributed by atoms with Gasteiger partial charge in [0.05, 0.1) is 11.1 Å². The molecule has 1 heterocycles. The van der Waals surface area contributed by atoms with Crippen molar-refractivity contribution in [2.75, 3.05) is 10.6 Å². The van der Waals surface area contributed by atoms with Gasteiger partial charge in [-0.05, 0) is 71.8 Å². The van der Waals surface area contributed by atoms with Crippen molar-refractivity contribution in [1.82, 2.24) is 9.97 Å². The molecule has 4 rings (SSSR count). The van der Waals surface area contributed by atoms with E-state index in [1.807, 2.05) is 0 Å². The number of nitrogens with zero attached hydrogens (tertiary/aromatic N) is 2. The molecular weight excluding hydrogens is 476 g/mol. The molecule has 0 radical (unpaired) electrons. The summed E-state index contributed by atoms with van der Waals surface area (Å²) in [4.78, 5) is 20.3. The zero-order chi connectivity index (χ0) is 23.6. The van der Waals surface area contributed by atoms with Crippen LogP contribution in [0.1, 0.15) is 21.5 Å². The maximum atomic E-state index is 13.1. The lowest BCUT2D eigenvalue weighted by molar-refractivity contribution is -0.137. The zero-order valence-corrected chi connectivity index (χ0v) is 18.3. The van der Waals surface area contributed by atoms with Crippen molar-refractivity contribution in [2.45, 2.75) is 12.7 Å². The molecule has 168 valence electrons. The number of anilines is 2. The van der Waals surface area contributed by atoms with E-state index in [-0.39, 0.29) is 28.9 Å². The van der Waals surface area contributed by atoms with E-state index >= 15 is 0 Å². The predicted octanol–water partition coefficient (Wildman–Crippen LogP) is 6.82. The van der Waals surface area contributed by atoms with E-state index in [2.05, 4.69) is 20.6 Å². The minimum Gasteiger partial charge on any atom is -0.365 e. The second-order valence-electron chi connectivity index (χ2n) is 7.08. The summed E-state index contributed by atoms with van der Waals surface area (Å²) >= 11 is 11.8. The third-order valence-corrected chi connectivity index (χ3v) is 5.19. The smallest absolute Gasteiger partial charge is 0.365 e. The lowest BCUT2D eigenvalue weighted by Crippen LogP contribution is -2.11. The van der Waals surface area contributed by atoms with Crippen LogP contribution < -0.4 is 10.6 Å². The highest BCUT2D eigenvalue weighted by Crippen LogP contribution is 2.33. The van der Waals surface area contributed by atoms with Gasteiger partial charge in [-0.25, -0.2) is 9.97 Å². The Morgan fingerprint density at radius 2 is 1.61 bits per heavy atom. The highest BCUT2D eigenvalue weighted by Gasteiger charge is 2.31. The second-order valence-corrected chi connectivity index (χ2v) is 7.86. The van der Waals surface area contributed by atoms with Gasteiger partial charge >= 0.3 is 6.18 Å². The fourth-order valence-electron chi connectivity index (χ4n) is 3.11. The molecule has 0 aliphatic carbocycles. The fraction of sp³-hybridized carbons (Fsp3) is 0.0870. The van der Waals surface area contributed by atoms with Crippen LogP contribution in [-0.4, -0.2) is 15.9 Å². The molecule has 5 nitrogen and oxygen atoms in total.